The van der Waals surface area contributed by atoms with E-state index >= 15 is 0 Å². The van der Waals surface area contributed by atoms with Crippen molar-refractivity contribution in [2.45, 2.75) is 33.4 Å². The molecule has 6 rings (SSSR count). The van der Waals surface area contributed by atoms with Gasteiger partial charge >= 0.3 is 0 Å². The Balaban J connectivity index is 1.27. The molecule has 0 fully saturated rings. The first-order chi connectivity index (χ1) is 18.1. The number of aryl methyl sites for hydroxylation is 2. The van der Waals surface area contributed by atoms with E-state index in [0.717, 1.165) is 58.6 Å². The molecule has 0 bridgehead atoms. The summed E-state index contributed by atoms with van der Waals surface area (Å²) in [4.78, 5) is 15.7. The van der Waals surface area contributed by atoms with E-state index in [-0.39, 0.29) is 5.78 Å². The Hall–Kier alpha value is -4.03. The molecule has 0 saturated heterocycles. The predicted molar refractivity (Wildman–Crippen MR) is 144 cm³/mol. The molecule has 4 aromatic rings. The van der Waals surface area contributed by atoms with Crippen LogP contribution in [0.2, 0.25) is 0 Å². The van der Waals surface area contributed by atoms with Gasteiger partial charge in [-0.25, -0.2) is 0 Å². The fourth-order valence-corrected chi connectivity index (χ4v) is 5.29. The van der Waals surface area contributed by atoms with E-state index in [1.54, 1.807) is 7.11 Å². The van der Waals surface area contributed by atoms with Crippen molar-refractivity contribution in [3.8, 4) is 17.2 Å². The normalized spacial score (nSPS) is 16.0. The van der Waals surface area contributed by atoms with Gasteiger partial charge in [0.25, 0.3) is 0 Å². The van der Waals surface area contributed by atoms with Crippen molar-refractivity contribution in [3.63, 3.8) is 0 Å². The second kappa shape index (κ2) is 9.45. The lowest BCUT2D eigenvalue weighted by Gasteiger charge is -2.30. The number of ketones is 1. The number of para-hydroxylation sites is 1. The number of carbonyl (C=O) groups excluding carboxylic acids is 1. The van der Waals surface area contributed by atoms with Gasteiger partial charge in [0, 0.05) is 42.3 Å². The highest BCUT2D eigenvalue weighted by Crippen LogP contribution is 2.44. The molecule has 2 aliphatic rings. The zero-order valence-corrected chi connectivity index (χ0v) is 21.4. The van der Waals surface area contributed by atoms with Crippen molar-refractivity contribution in [2.24, 2.45) is 0 Å². The Morgan fingerprint density at radius 3 is 2.70 bits per heavy atom. The van der Waals surface area contributed by atoms with Crippen LogP contribution in [0.25, 0.3) is 17.0 Å². The Kier molecular flexibility index (Phi) is 5.97. The van der Waals surface area contributed by atoms with Crippen LogP contribution in [-0.4, -0.2) is 35.6 Å². The van der Waals surface area contributed by atoms with Crippen molar-refractivity contribution < 1.29 is 19.0 Å². The molecule has 0 spiro atoms. The molecule has 6 nitrogen and oxygen atoms in total. The van der Waals surface area contributed by atoms with Crippen LogP contribution in [-0.2, 0) is 19.5 Å². The molecule has 188 valence electrons. The molecule has 37 heavy (non-hydrogen) atoms. The summed E-state index contributed by atoms with van der Waals surface area (Å²) in [5.41, 5.74) is 5.83. The molecule has 0 saturated carbocycles. The lowest BCUT2D eigenvalue weighted by Crippen LogP contribution is -2.33. The second-order valence-electron chi connectivity index (χ2n) is 9.63. The number of allylic oxidation sites excluding steroid dienone is 1. The first-order valence-electron chi connectivity index (χ1n) is 12.7. The molecule has 0 N–H and O–H groups in total. The minimum atomic E-state index is -0.0704. The number of carbonyl (C=O) groups is 1. The Morgan fingerprint density at radius 1 is 1.11 bits per heavy atom. The summed E-state index contributed by atoms with van der Waals surface area (Å²) in [6, 6.07) is 18.4. The van der Waals surface area contributed by atoms with Crippen LogP contribution >= 0.6 is 0 Å². The van der Waals surface area contributed by atoms with Crippen LogP contribution in [0.15, 0.2) is 66.6 Å². The van der Waals surface area contributed by atoms with Gasteiger partial charge in [0.1, 0.15) is 24.0 Å². The SMILES string of the molecule is CCn1cc(/C=C2/Oc3c4c(cc(C)c3C2=O)OCN(CCc2ccc(OC)cc2)C4)c2ccccc21. The number of ether oxygens (including phenoxy) is 3. The maximum atomic E-state index is 13.5. The molecule has 6 heteroatoms. The summed E-state index contributed by atoms with van der Waals surface area (Å²) in [5.74, 6) is 2.59. The van der Waals surface area contributed by atoms with Gasteiger partial charge in [-0.1, -0.05) is 30.3 Å². The molecule has 2 aliphatic heterocycles. The van der Waals surface area contributed by atoms with Crippen molar-refractivity contribution in [2.75, 3.05) is 20.4 Å². The van der Waals surface area contributed by atoms with Crippen molar-refractivity contribution in [1.82, 2.24) is 9.47 Å². The summed E-state index contributed by atoms with van der Waals surface area (Å²) in [6.07, 6.45) is 4.86. The third kappa shape index (κ3) is 4.17. The molecular weight excluding hydrogens is 464 g/mol. The smallest absolute Gasteiger partial charge is 0.232 e. The molecule has 0 aliphatic carbocycles. The maximum Gasteiger partial charge on any atom is 0.232 e. The van der Waals surface area contributed by atoms with Gasteiger partial charge < -0.3 is 18.8 Å². The lowest BCUT2D eigenvalue weighted by atomic mass is 9.98. The summed E-state index contributed by atoms with van der Waals surface area (Å²) in [5, 5.41) is 1.11. The first kappa shape index (κ1) is 23.4. The number of hydrogen-bond acceptors (Lipinski definition) is 5. The monoisotopic (exact) mass is 494 g/mol. The molecule has 3 heterocycles. The fraction of sp³-hybridized carbons (Fsp3) is 0.258. The summed E-state index contributed by atoms with van der Waals surface area (Å²) in [6.45, 7) is 6.94. The molecule has 3 aromatic carbocycles. The number of hydrogen-bond donors (Lipinski definition) is 0. The van der Waals surface area contributed by atoms with Crippen LogP contribution in [0, 0.1) is 6.92 Å². The number of rotatable bonds is 6. The highest BCUT2D eigenvalue weighted by atomic mass is 16.5. The molecule has 0 atom stereocenters. The fourth-order valence-electron chi connectivity index (χ4n) is 5.29. The van der Waals surface area contributed by atoms with Gasteiger partial charge in [-0.3, -0.25) is 9.69 Å². The lowest BCUT2D eigenvalue weighted by molar-refractivity contribution is 0.0949. The predicted octanol–water partition coefficient (Wildman–Crippen LogP) is 5.99. The highest BCUT2D eigenvalue weighted by Gasteiger charge is 2.35. The zero-order chi connectivity index (χ0) is 25.5. The quantitative estimate of drug-likeness (QED) is 0.308. The van der Waals surface area contributed by atoms with Crippen LogP contribution in [0.1, 0.15) is 39.5 Å². The maximum absolute atomic E-state index is 13.5. The molecule has 0 amide bonds. The highest BCUT2D eigenvalue weighted by molar-refractivity contribution is 6.16. The van der Waals surface area contributed by atoms with Gasteiger partial charge in [0.05, 0.1) is 18.2 Å². The number of benzene rings is 3. The minimum absolute atomic E-state index is 0.0704. The van der Waals surface area contributed by atoms with Crippen LogP contribution in [0.5, 0.6) is 17.2 Å². The van der Waals surface area contributed by atoms with Gasteiger partial charge in [0.2, 0.25) is 5.78 Å². The number of fused-ring (bicyclic) bond motifs is 4. The first-order valence-corrected chi connectivity index (χ1v) is 12.7. The van der Waals surface area contributed by atoms with E-state index < -0.39 is 0 Å². The van der Waals surface area contributed by atoms with Crippen LogP contribution in [0.3, 0.4) is 0 Å². The Labute approximate surface area is 216 Å². The van der Waals surface area contributed by atoms with E-state index in [4.69, 9.17) is 14.2 Å². The summed E-state index contributed by atoms with van der Waals surface area (Å²) < 4.78 is 19.9. The molecule has 0 unspecified atom stereocenters. The van der Waals surface area contributed by atoms with Gasteiger partial charge in [-0.05, 0) is 61.7 Å². The Morgan fingerprint density at radius 2 is 1.92 bits per heavy atom. The minimum Gasteiger partial charge on any atom is -0.497 e. The summed E-state index contributed by atoms with van der Waals surface area (Å²) >= 11 is 0. The van der Waals surface area contributed by atoms with E-state index in [1.165, 1.54) is 5.56 Å². The standard InChI is InChI=1S/C31H30N2O4/c1-4-33-17-22(24-7-5-6-8-26(24)33)16-28-30(34)29-20(2)15-27-25(31(29)37-28)18-32(19-36-27)14-13-21-9-11-23(35-3)12-10-21/h5-12,15-17H,4,13-14,18-19H2,1-3H3/b28-16+. The number of nitrogens with zero attached hydrogens (tertiary/aromatic N) is 2. The number of aromatic nitrogens is 1. The van der Waals surface area contributed by atoms with Crippen molar-refractivity contribution in [1.29, 1.82) is 0 Å². The zero-order valence-electron chi connectivity index (χ0n) is 21.4. The van der Waals surface area contributed by atoms with Crippen molar-refractivity contribution >= 4 is 22.8 Å². The largest absolute Gasteiger partial charge is 0.497 e. The van der Waals surface area contributed by atoms with E-state index in [2.05, 4.69) is 46.9 Å². The molecular formula is C31H30N2O4. The van der Waals surface area contributed by atoms with E-state index in [1.807, 2.05) is 43.3 Å². The average molecular weight is 495 g/mol. The van der Waals surface area contributed by atoms with Gasteiger partial charge in [0.15, 0.2) is 5.76 Å². The Bertz CT molecular complexity index is 1530. The van der Waals surface area contributed by atoms with Crippen molar-refractivity contribution in [3.05, 3.63) is 94.4 Å². The third-order valence-electron chi connectivity index (χ3n) is 7.31. The molecule has 1 aromatic heterocycles. The van der Waals surface area contributed by atoms with Crippen LogP contribution in [0.4, 0.5) is 0 Å². The number of Topliss-reactive ketones (excluding diaryl/α,β-unsaturated/α-hetero) is 1. The van der Waals surface area contributed by atoms with E-state index in [9.17, 15) is 4.79 Å². The molecule has 0 radical (unpaired) electrons. The third-order valence-corrected chi connectivity index (χ3v) is 7.31. The van der Waals surface area contributed by atoms with Crippen LogP contribution < -0.4 is 14.2 Å². The van der Waals surface area contributed by atoms with Gasteiger partial charge in [-0.15, -0.1) is 0 Å². The van der Waals surface area contributed by atoms with E-state index in [0.29, 0.717) is 30.3 Å². The van der Waals surface area contributed by atoms with Gasteiger partial charge in [-0.2, -0.15) is 0 Å². The average Bonchev–Trinajstić information content (AvgIpc) is 3.46. The number of methoxy groups -OCH3 is 1. The second-order valence-corrected chi connectivity index (χ2v) is 9.63. The summed E-state index contributed by atoms with van der Waals surface area (Å²) in [7, 11) is 1.68. The topological polar surface area (TPSA) is 52.9 Å².